The molecule has 2 aliphatic heterocycles. The predicted molar refractivity (Wildman–Crippen MR) is 47.2 cm³/mol. The van der Waals surface area contributed by atoms with Gasteiger partial charge in [-0.2, -0.15) is 0 Å². The molecular weight excluding hydrogens is 162 g/mol. The fraction of sp³-hybridized carbons (Fsp3) is 1.00. The van der Waals surface area contributed by atoms with Crippen molar-refractivity contribution in [2.24, 2.45) is 5.41 Å². The van der Waals surface area contributed by atoms with Gasteiger partial charge < -0.3 is 10.1 Å². The number of piperidine rings is 1. The lowest BCUT2D eigenvalue weighted by atomic mass is 9.79. The van der Waals surface area contributed by atoms with Crippen molar-refractivity contribution < 1.29 is 4.74 Å². The molecule has 1 spiro atoms. The molecule has 2 nitrogen and oxygen atoms in total. The molecule has 1 N–H and O–H groups in total. The Balaban J connectivity index is 0.000000605. The fourth-order valence-corrected chi connectivity index (χ4v) is 2.00. The van der Waals surface area contributed by atoms with Crippen molar-refractivity contribution in [3.63, 3.8) is 0 Å². The summed E-state index contributed by atoms with van der Waals surface area (Å²) < 4.78 is 5.41. The third-order valence-corrected chi connectivity index (χ3v) is 2.85. The lowest BCUT2D eigenvalue weighted by molar-refractivity contribution is 0.128. The highest BCUT2D eigenvalue weighted by molar-refractivity contribution is 5.85. The van der Waals surface area contributed by atoms with Gasteiger partial charge in [0, 0.05) is 6.61 Å². The standard InChI is InChI=1S/C8H15NO.ClH/c1-4-9-5-2-8(1)3-6-10-7-8;/h9H,1-7H2;1H. The molecule has 2 heterocycles. The SMILES string of the molecule is C1CC2(CCN1)CCOC2.Cl. The van der Waals surface area contributed by atoms with Crippen molar-refractivity contribution >= 4 is 12.4 Å². The van der Waals surface area contributed by atoms with Gasteiger partial charge in [0.05, 0.1) is 6.61 Å². The molecule has 0 bridgehead atoms. The molecule has 0 aromatic carbocycles. The van der Waals surface area contributed by atoms with Crippen LogP contribution in [0.3, 0.4) is 0 Å². The maximum absolute atomic E-state index is 5.41. The highest BCUT2D eigenvalue weighted by Gasteiger charge is 2.35. The van der Waals surface area contributed by atoms with Crippen LogP contribution >= 0.6 is 12.4 Å². The molecule has 0 amide bonds. The molecule has 0 radical (unpaired) electrons. The summed E-state index contributed by atoms with van der Waals surface area (Å²) in [6.07, 6.45) is 3.95. The summed E-state index contributed by atoms with van der Waals surface area (Å²) in [7, 11) is 0. The summed E-state index contributed by atoms with van der Waals surface area (Å²) in [4.78, 5) is 0. The summed E-state index contributed by atoms with van der Waals surface area (Å²) in [5, 5.41) is 3.38. The molecule has 2 fully saturated rings. The zero-order chi connectivity index (χ0) is 6.86. The van der Waals surface area contributed by atoms with E-state index in [1.807, 2.05) is 0 Å². The minimum atomic E-state index is 0. The molecular formula is C8H16ClNO. The molecule has 11 heavy (non-hydrogen) atoms. The van der Waals surface area contributed by atoms with E-state index in [1.54, 1.807) is 0 Å². The van der Waals surface area contributed by atoms with Gasteiger partial charge in [-0.05, 0) is 37.8 Å². The average Bonchev–Trinajstić information content (AvgIpc) is 2.39. The monoisotopic (exact) mass is 177 g/mol. The Morgan fingerprint density at radius 3 is 2.36 bits per heavy atom. The molecule has 2 rings (SSSR count). The quantitative estimate of drug-likeness (QED) is 0.601. The van der Waals surface area contributed by atoms with Gasteiger partial charge in [-0.15, -0.1) is 12.4 Å². The number of hydrogen-bond acceptors (Lipinski definition) is 2. The first-order valence-corrected chi connectivity index (χ1v) is 4.20. The summed E-state index contributed by atoms with van der Waals surface area (Å²) in [5.74, 6) is 0. The molecule has 0 saturated carbocycles. The third-order valence-electron chi connectivity index (χ3n) is 2.85. The molecule has 2 saturated heterocycles. The fourth-order valence-electron chi connectivity index (χ4n) is 2.00. The van der Waals surface area contributed by atoms with Gasteiger partial charge in [-0.25, -0.2) is 0 Å². The third kappa shape index (κ3) is 1.86. The van der Waals surface area contributed by atoms with E-state index in [1.165, 1.54) is 32.4 Å². The molecule has 2 aliphatic rings. The van der Waals surface area contributed by atoms with Gasteiger partial charge in [0.15, 0.2) is 0 Å². The van der Waals surface area contributed by atoms with E-state index in [0.717, 1.165) is 13.2 Å². The first kappa shape index (κ1) is 9.30. The summed E-state index contributed by atoms with van der Waals surface area (Å²) in [6, 6.07) is 0. The summed E-state index contributed by atoms with van der Waals surface area (Å²) >= 11 is 0. The van der Waals surface area contributed by atoms with Crippen LogP contribution < -0.4 is 5.32 Å². The lowest BCUT2D eigenvalue weighted by Gasteiger charge is -2.31. The Morgan fingerprint density at radius 2 is 1.82 bits per heavy atom. The number of ether oxygens (including phenoxy) is 1. The molecule has 0 aromatic rings. The van der Waals surface area contributed by atoms with E-state index in [-0.39, 0.29) is 12.4 Å². The van der Waals surface area contributed by atoms with Crippen LogP contribution in [0.15, 0.2) is 0 Å². The van der Waals surface area contributed by atoms with Gasteiger partial charge in [0.2, 0.25) is 0 Å². The van der Waals surface area contributed by atoms with Crippen LogP contribution in [0, 0.1) is 5.41 Å². The molecule has 3 heteroatoms. The zero-order valence-electron chi connectivity index (χ0n) is 6.77. The Kier molecular flexibility index (Phi) is 3.16. The van der Waals surface area contributed by atoms with E-state index in [4.69, 9.17) is 4.74 Å². The predicted octanol–water partition coefficient (Wildman–Crippen LogP) is 1.20. The average molecular weight is 178 g/mol. The van der Waals surface area contributed by atoms with Crippen LogP contribution in [-0.2, 0) is 4.74 Å². The van der Waals surface area contributed by atoms with Crippen LogP contribution in [-0.4, -0.2) is 26.3 Å². The van der Waals surface area contributed by atoms with Gasteiger partial charge >= 0.3 is 0 Å². The van der Waals surface area contributed by atoms with E-state index in [0.29, 0.717) is 5.41 Å². The molecule has 0 aliphatic carbocycles. The summed E-state index contributed by atoms with van der Waals surface area (Å²) in [6.45, 7) is 4.42. The summed E-state index contributed by atoms with van der Waals surface area (Å²) in [5.41, 5.74) is 0.589. The number of nitrogens with one attached hydrogen (secondary N) is 1. The second kappa shape index (κ2) is 3.74. The van der Waals surface area contributed by atoms with Crippen LogP contribution in [0.5, 0.6) is 0 Å². The smallest absolute Gasteiger partial charge is 0.0524 e. The van der Waals surface area contributed by atoms with Crippen molar-refractivity contribution in [3.8, 4) is 0 Å². The maximum atomic E-state index is 5.41. The van der Waals surface area contributed by atoms with E-state index in [2.05, 4.69) is 5.32 Å². The zero-order valence-corrected chi connectivity index (χ0v) is 7.58. The Bertz CT molecular complexity index is 115. The largest absolute Gasteiger partial charge is 0.381 e. The van der Waals surface area contributed by atoms with Gasteiger partial charge in [-0.3, -0.25) is 0 Å². The van der Waals surface area contributed by atoms with Crippen LogP contribution in [0.25, 0.3) is 0 Å². The highest BCUT2D eigenvalue weighted by Crippen LogP contribution is 2.36. The van der Waals surface area contributed by atoms with Crippen LogP contribution in [0.1, 0.15) is 19.3 Å². The highest BCUT2D eigenvalue weighted by atomic mass is 35.5. The van der Waals surface area contributed by atoms with Crippen molar-refractivity contribution in [3.05, 3.63) is 0 Å². The second-order valence-corrected chi connectivity index (χ2v) is 3.55. The number of rotatable bonds is 0. The van der Waals surface area contributed by atoms with Crippen molar-refractivity contribution in [1.29, 1.82) is 0 Å². The molecule has 0 unspecified atom stereocenters. The molecule has 0 aromatic heterocycles. The lowest BCUT2D eigenvalue weighted by Crippen LogP contribution is -2.36. The Morgan fingerprint density at radius 1 is 1.09 bits per heavy atom. The van der Waals surface area contributed by atoms with Crippen LogP contribution in [0.2, 0.25) is 0 Å². The topological polar surface area (TPSA) is 21.3 Å². The minimum absolute atomic E-state index is 0. The minimum Gasteiger partial charge on any atom is -0.381 e. The first-order valence-electron chi connectivity index (χ1n) is 4.20. The second-order valence-electron chi connectivity index (χ2n) is 3.55. The van der Waals surface area contributed by atoms with Gasteiger partial charge in [0.25, 0.3) is 0 Å². The van der Waals surface area contributed by atoms with Crippen molar-refractivity contribution in [2.75, 3.05) is 26.3 Å². The number of hydrogen-bond donors (Lipinski definition) is 1. The molecule has 66 valence electrons. The van der Waals surface area contributed by atoms with Crippen molar-refractivity contribution in [1.82, 2.24) is 5.32 Å². The normalized spacial score (nSPS) is 28.4. The van der Waals surface area contributed by atoms with Gasteiger partial charge in [0.1, 0.15) is 0 Å². The van der Waals surface area contributed by atoms with Crippen LogP contribution in [0.4, 0.5) is 0 Å². The molecule has 0 atom stereocenters. The van der Waals surface area contributed by atoms with Gasteiger partial charge in [-0.1, -0.05) is 0 Å². The van der Waals surface area contributed by atoms with E-state index in [9.17, 15) is 0 Å². The maximum Gasteiger partial charge on any atom is 0.0524 e. The van der Waals surface area contributed by atoms with E-state index < -0.39 is 0 Å². The van der Waals surface area contributed by atoms with Crippen molar-refractivity contribution in [2.45, 2.75) is 19.3 Å². The Hall–Kier alpha value is 0.210. The first-order chi connectivity index (χ1) is 4.91. The van der Waals surface area contributed by atoms with E-state index >= 15 is 0 Å². The number of halogens is 1. The Labute approximate surface area is 74.1 Å².